The molecule has 3 aromatic rings. The van der Waals surface area contributed by atoms with E-state index in [4.69, 9.17) is 14.2 Å². The highest BCUT2D eigenvalue weighted by atomic mass is 19.1. The maximum atomic E-state index is 15.7. The summed E-state index contributed by atoms with van der Waals surface area (Å²) in [6, 6.07) is 14.2. The summed E-state index contributed by atoms with van der Waals surface area (Å²) >= 11 is 0. The highest BCUT2D eigenvalue weighted by molar-refractivity contribution is 5.91. The van der Waals surface area contributed by atoms with E-state index in [-0.39, 0.29) is 35.6 Å². The average molecular weight is 619 g/mol. The first-order valence-corrected chi connectivity index (χ1v) is 15.8. The van der Waals surface area contributed by atoms with Crippen molar-refractivity contribution in [2.24, 2.45) is 11.8 Å². The van der Waals surface area contributed by atoms with Crippen molar-refractivity contribution in [2.45, 2.75) is 98.4 Å². The van der Waals surface area contributed by atoms with E-state index in [2.05, 4.69) is 37.6 Å². The van der Waals surface area contributed by atoms with Crippen LogP contribution in [0.5, 0.6) is 11.6 Å². The summed E-state index contributed by atoms with van der Waals surface area (Å²) < 4.78 is 32.4. The smallest absolute Gasteiger partial charge is 0.343 e. The minimum Gasteiger partial charge on any atom is -0.481 e. The van der Waals surface area contributed by atoms with Gasteiger partial charge in [-0.3, -0.25) is 9.69 Å². The topological polar surface area (TPSA) is 78.0 Å². The van der Waals surface area contributed by atoms with Gasteiger partial charge in [0.1, 0.15) is 5.60 Å². The second-order valence-corrected chi connectivity index (χ2v) is 13.6. The van der Waals surface area contributed by atoms with Crippen LogP contribution in [0.15, 0.2) is 54.7 Å². The zero-order chi connectivity index (χ0) is 33.1. The van der Waals surface area contributed by atoms with Gasteiger partial charge in [0.15, 0.2) is 11.6 Å². The molecule has 1 fully saturated rings. The lowest BCUT2D eigenvalue weighted by Crippen LogP contribution is -2.36. The van der Waals surface area contributed by atoms with E-state index in [1.165, 1.54) is 13.2 Å². The molecule has 2 atom stereocenters. The van der Waals surface area contributed by atoms with Crippen LogP contribution in [0.2, 0.25) is 0 Å². The first-order chi connectivity index (χ1) is 21.2. The van der Waals surface area contributed by atoms with Gasteiger partial charge in [-0.1, -0.05) is 19.1 Å². The molecule has 1 aliphatic carbocycles. The van der Waals surface area contributed by atoms with Gasteiger partial charge in [-0.25, -0.2) is 14.2 Å². The number of rotatable bonds is 12. The lowest BCUT2D eigenvalue weighted by molar-refractivity contribution is -0.160. The van der Waals surface area contributed by atoms with Crippen LogP contribution < -0.4 is 9.47 Å². The predicted octanol–water partition coefficient (Wildman–Crippen LogP) is 8.21. The normalized spacial score (nSPS) is 14.9. The molecule has 1 aromatic heterocycles. The van der Waals surface area contributed by atoms with Crippen molar-refractivity contribution in [3.8, 4) is 22.8 Å². The van der Waals surface area contributed by atoms with Crippen molar-refractivity contribution >= 4 is 11.9 Å². The summed E-state index contributed by atoms with van der Waals surface area (Å²) in [5.41, 5.74) is 2.81. The SMILES string of the molecule is COc1cc(-c2cc(F)c(OC(=O)c3cccc([C@H](C4CC4)[C@H](C)C(=O)OC(C)(C)C)c3)cc2CN(C(C)C)C(C)C)ccn1. The van der Waals surface area contributed by atoms with Gasteiger partial charge in [0.2, 0.25) is 5.88 Å². The number of nitrogens with zero attached hydrogens (tertiary/aromatic N) is 2. The number of hydrogen-bond donors (Lipinski definition) is 0. The summed E-state index contributed by atoms with van der Waals surface area (Å²) in [5.74, 6) is -1.43. The number of methoxy groups -OCH3 is 1. The third kappa shape index (κ3) is 8.69. The Labute approximate surface area is 267 Å². The quantitative estimate of drug-likeness (QED) is 0.150. The fraction of sp³-hybridized carbons (Fsp3) is 0.486. The molecule has 45 heavy (non-hydrogen) atoms. The molecule has 0 unspecified atom stereocenters. The summed E-state index contributed by atoms with van der Waals surface area (Å²) in [6.07, 6.45) is 3.65. The number of halogens is 1. The molecule has 0 bridgehead atoms. The van der Waals surface area contributed by atoms with Gasteiger partial charge in [0, 0.05) is 30.9 Å². The zero-order valence-electron chi connectivity index (χ0n) is 28.0. The third-order valence-corrected chi connectivity index (χ3v) is 8.25. The monoisotopic (exact) mass is 618 g/mol. The van der Waals surface area contributed by atoms with E-state index in [1.54, 1.807) is 36.5 Å². The summed E-state index contributed by atoms with van der Waals surface area (Å²) in [4.78, 5) is 33.0. The van der Waals surface area contributed by atoms with Crippen LogP contribution in [0.25, 0.3) is 11.1 Å². The van der Waals surface area contributed by atoms with Crippen LogP contribution >= 0.6 is 0 Å². The second kappa shape index (κ2) is 14.1. The number of pyridine rings is 1. The van der Waals surface area contributed by atoms with Gasteiger partial charge < -0.3 is 14.2 Å². The molecule has 4 rings (SSSR count). The van der Waals surface area contributed by atoms with E-state index >= 15 is 4.39 Å². The molecular weight excluding hydrogens is 571 g/mol. The summed E-state index contributed by atoms with van der Waals surface area (Å²) in [5, 5.41) is 0. The lowest BCUT2D eigenvalue weighted by Gasteiger charge is -2.31. The molecule has 2 aromatic carbocycles. The standard InChI is InChI=1S/C37H47FN2O5/c1-22(2)40(23(3)4)21-29-18-32(31(38)20-30(29)26-15-16-39-33(19-26)43-9)44-36(42)28-12-10-11-27(17-28)34(25-13-14-25)24(5)35(41)45-37(6,7)8/h10-12,15-20,22-25,34H,13-14,21H2,1-9H3/t24-,34-/m0/s1. The van der Waals surface area contributed by atoms with Crippen LogP contribution in [0, 0.1) is 17.7 Å². The van der Waals surface area contributed by atoms with Crippen LogP contribution in [0.3, 0.4) is 0 Å². The Kier molecular flexibility index (Phi) is 10.7. The number of esters is 2. The molecule has 0 spiro atoms. The molecular formula is C37H47FN2O5. The highest BCUT2D eigenvalue weighted by Crippen LogP contribution is 2.47. The second-order valence-electron chi connectivity index (χ2n) is 13.6. The van der Waals surface area contributed by atoms with Gasteiger partial charge >= 0.3 is 11.9 Å². The zero-order valence-corrected chi connectivity index (χ0v) is 28.0. The van der Waals surface area contributed by atoms with Crippen molar-refractivity contribution in [1.82, 2.24) is 9.88 Å². The highest BCUT2D eigenvalue weighted by Gasteiger charge is 2.40. The Morgan fingerprint density at radius 1 is 1.00 bits per heavy atom. The number of carbonyl (C=O) groups is 2. The largest absolute Gasteiger partial charge is 0.481 e. The molecule has 1 heterocycles. The van der Waals surface area contributed by atoms with Gasteiger partial charge in [-0.15, -0.1) is 0 Å². The number of ether oxygens (including phenoxy) is 3. The molecule has 0 saturated heterocycles. The molecule has 0 amide bonds. The number of carbonyl (C=O) groups excluding carboxylic acids is 2. The molecule has 7 nitrogen and oxygen atoms in total. The maximum absolute atomic E-state index is 15.7. The van der Waals surface area contributed by atoms with E-state index in [0.29, 0.717) is 29.5 Å². The van der Waals surface area contributed by atoms with E-state index in [0.717, 1.165) is 29.5 Å². The van der Waals surface area contributed by atoms with Crippen molar-refractivity contribution in [3.05, 3.63) is 77.2 Å². The molecule has 0 radical (unpaired) electrons. The Hall–Kier alpha value is -3.78. The molecule has 0 N–H and O–H groups in total. The molecule has 8 heteroatoms. The Balaban J connectivity index is 1.66. The summed E-state index contributed by atoms with van der Waals surface area (Å²) in [6.45, 7) is 16.4. The van der Waals surface area contributed by atoms with Gasteiger partial charge in [-0.2, -0.15) is 0 Å². The molecule has 1 aliphatic rings. The first kappa shape index (κ1) is 34.1. The van der Waals surface area contributed by atoms with Crippen molar-refractivity contribution in [1.29, 1.82) is 0 Å². The fourth-order valence-electron chi connectivity index (χ4n) is 5.92. The van der Waals surface area contributed by atoms with E-state index in [1.807, 2.05) is 39.8 Å². The van der Waals surface area contributed by atoms with Crippen molar-refractivity contribution < 1.29 is 28.2 Å². The first-order valence-electron chi connectivity index (χ1n) is 15.8. The van der Waals surface area contributed by atoms with Gasteiger partial charge in [0.05, 0.1) is 18.6 Å². The maximum Gasteiger partial charge on any atom is 0.343 e. The Morgan fingerprint density at radius 2 is 1.69 bits per heavy atom. The number of benzene rings is 2. The van der Waals surface area contributed by atoms with Crippen LogP contribution in [-0.4, -0.2) is 46.6 Å². The predicted molar refractivity (Wildman–Crippen MR) is 174 cm³/mol. The molecule has 1 saturated carbocycles. The molecule has 242 valence electrons. The minimum absolute atomic E-state index is 0.0920. The van der Waals surface area contributed by atoms with E-state index in [9.17, 15) is 9.59 Å². The minimum atomic E-state index is -0.663. The van der Waals surface area contributed by atoms with Gasteiger partial charge in [-0.05, 0) is 126 Å². The van der Waals surface area contributed by atoms with E-state index < -0.39 is 17.4 Å². The van der Waals surface area contributed by atoms with Crippen molar-refractivity contribution in [3.63, 3.8) is 0 Å². The van der Waals surface area contributed by atoms with Gasteiger partial charge in [0.25, 0.3) is 0 Å². The Bertz CT molecular complexity index is 1500. The molecule has 0 aliphatic heterocycles. The fourth-order valence-corrected chi connectivity index (χ4v) is 5.92. The van der Waals surface area contributed by atoms with Crippen molar-refractivity contribution in [2.75, 3.05) is 7.11 Å². The average Bonchev–Trinajstić information content (AvgIpc) is 3.81. The lowest BCUT2D eigenvalue weighted by atomic mass is 9.82. The number of aromatic nitrogens is 1. The van der Waals surface area contributed by atoms with Crippen LogP contribution in [-0.2, 0) is 16.1 Å². The summed E-state index contributed by atoms with van der Waals surface area (Å²) in [7, 11) is 1.54. The third-order valence-electron chi connectivity index (χ3n) is 8.25. The van der Waals surface area contributed by atoms with Crippen LogP contribution in [0.1, 0.15) is 95.6 Å². The Morgan fingerprint density at radius 3 is 2.29 bits per heavy atom. The number of hydrogen-bond acceptors (Lipinski definition) is 7. The van der Waals surface area contributed by atoms with Crippen LogP contribution in [0.4, 0.5) is 4.39 Å².